The summed E-state index contributed by atoms with van der Waals surface area (Å²) < 4.78 is 29.6. The lowest BCUT2D eigenvalue weighted by Crippen LogP contribution is -2.42. The molecule has 0 spiro atoms. The summed E-state index contributed by atoms with van der Waals surface area (Å²) in [5, 5.41) is 0. The van der Waals surface area contributed by atoms with E-state index < -0.39 is 15.6 Å². The second-order valence-electron chi connectivity index (χ2n) is 8.61. The summed E-state index contributed by atoms with van der Waals surface area (Å²) in [6.45, 7) is 4.45. The van der Waals surface area contributed by atoms with Crippen LogP contribution in [0.2, 0.25) is 0 Å². The first kappa shape index (κ1) is 21.4. The molecule has 0 aromatic rings. The summed E-state index contributed by atoms with van der Waals surface area (Å²) in [6, 6.07) is 0. The van der Waals surface area contributed by atoms with Crippen molar-refractivity contribution < 1.29 is 32.6 Å². The van der Waals surface area contributed by atoms with Gasteiger partial charge in [0.2, 0.25) is 0 Å². The molecule has 0 radical (unpaired) electrons. The van der Waals surface area contributed by atoms with Gasteiger partial charge in [-0.2, -0.15) is 0 Å². The molecule has 27 heavy (non-hydrogen) atoms. The minimum atomic E-state index is -5.64. The van der Waals surface area contributed by atoms with Gasteiger partial charge in [0, 0.05) is 0 Å². The molecule has 0 saturated heterocycles. The van der Waals surface area contributed by atoms with Crippen molar-refractivity contribution in [1.29, 1.82) is 0 Å². The third kappa shape index (κ3) is 5.42. The van der Waals surface area contributed by atoms with Crippen LogP contribution in [-0.4, -0.2) is 6.61 Å². The number of allylic oxidation sites excluding steroid dienone is 3. The second kappa shape index (κ2) is 7.87. The molecule has 0 aliphatic heterocycles. The van der Waals surface area contributed by atoms with Gasteiger partial charge in [0.15, 0.2) is 0 Å². The zero-order valence-electron chi connectivity index (χ0n) is 15.8. The predicted molar refractivity (Wildman–Crippen MR) is 95.0 cm³/mol. The van der Waals surface area contributed by atoms with Crippen molar-refractivity contribution >= 4 is 15.6 Å². The number of phosphoric ester groups is 1. The smallest absolute Gasteiger partial charge is 0.272 e. The Kier molecular flexibility index (Phi) is 6.25. The van der Waals surface area contributed by atoms with E-state index in [0.29, 0.717) is 11.3 Å². The van der Waals surface area contributed by atoms with Crippen LogP contribution in [0.25, 0.3) is 0 Å². The third-order valence-electron chi connectivity index (χ3n) is 6.51. The lowest BCUT2D eigenvalue weighted by Gasteiger charge is -2.52. The standard InChI is InChI=1S/C18H30O7P2/c1-18(2)10-3-4-16-15-7-5-13(12-14(15)6-8-17(16)18)9-11-24-27(22,23)25-26(19,20)21/h9,12,15-17H,3-8,10-11H2,1-2H3,(H,22,23)(H2,19,20,21)/p-3/b13-9-/t15-,16?,17+/m1/s1. The van der Waals surface area contributed by atoms with E-state index in [1.807, 2.05) is 0 Å². The van der Waals surface area contributed by atoms with Gasteiger partial charge in [-0.15, -0.1) is 0 Å². The highest BCUT2D eigenvalue weighted by Crippen LogP contribution is 2.56. The molecule has 0 bridgehead atoms. The lowest BCUT2D eigenvalue weighted by atomic mass is 9.53. The van der Waals surface area contributed by atoms with Gasteiger partial charge in [0.25, 0.3) is 7.82 Å². The van der Waals surface area contributed by atoms with Crippen LogP contribution >= 0.6 is 15.6 Å². The minimum Gasteiger partial charge on any atom is -0.790 e. The molecule has 2 saturated carbocycles. The van der Waals surface area contributed by atoms with Crippen LogP contribution in [-0.2, 0) is 18.0 Å². The van der Waals surface area contributed by atoms with Crippen molar-refractivity contribution in [3.63, 3.8) is 0 Å². The van der Waals surface area contributed by atoms with Crippen LogP contribution in [0, 0.1) is 23.2 Å². The molecule has 4 atom stereocenters. The molecule has 154 valence electrons. The average Bonchev–Trinajstić information content (AvgIpc) is 2.51. The third-order valence-corrected chi connectivity index (χ3v) is 8.57. The maximum atomic E-state index is 11.3. The maximum Gasteiger partial charge on any atom is 0.272 e. The number of fused-ring (bicyclic) bond motifs is 3. The molecule has 0 amide bonds. The van der Waals surface area contributed by atoms with Gasteiger partial charge in [-0.05, 0) is 67.3 Å². The van der Waals surface area contributed by atoms with Gasteiger partial charge in [-0.25, -0.2) is 0 Å². The summed E-state index contributed by atoms with van der Waals surface area (Å²) in [5.41, 5.74) is 2.84. The first-order valence-corrected chi connectivity index (χ1v) is 12.5. The van der Waals surface area contributed by atoms with E-state index in [9.17, 15) is 23.8 Å². The van der Waals surface area contributed by atoms with E-state index in [4.69, 9.17) is 0 Å². The Balaban J connectivity index is 1.63. The molecule has 0 aromatic heterocycles. The van der Waals surface area contributed by atoms with Gasteiger partial charge >= 0.3 is 0 Å². The summed E-state index contributed by atoms with van der Waals surface area (Å²) in [7, 11) is -10.8. The van der Waals surface area contributed by atoms with Gasteiger partial charge in [0.05, 0.1) is 14.4 Å². The molecule has 2 unspecified atom stereocenters. The molecule has 9 heteroatoms. The van der Waals surface area contributed by atoms with Crippen LogP contribution in [0.15, 0.2) is 23.3 Å². The lowest BCUT2D eigenvalue weighted by molar-refractivity contribution is -0.339. The van der Waals surface area contributed by atoms with Crippen molar-refractivity contribution in [2.75, 3.05) is 6.61 Å². The fourth-order valence-electron chi connectivity index (χ4n) is 5.38. The van der Waals surface area contributed by atoms with Crippen LogP contribution in [0.4, 0.5) is 0 Å². The molecule has 0 N–H and O–H groups in total. The SMILES string of the molecule is CC1(C)CCCC2[C@@H]3CC/C(=C/COP(=O)([O-])OP(=O)([O-])[O-])C=C3CC[C@@H]21. The van der Waals surface area contributed by atoms with Gasteiger partial charge in [-0.3, -0.25) is 8.88 Å². The molecular weight excluding hydrogens is 390 g/mol. The molecule has 2 fully saturated rings. The highest BCUT2D eigenvalue weighted by Gasteiger charge is 2.45. The van der Waals surface area contributed by atoms with Crippen molar-refractivity contribution in [2.45, 2.75) is 58.8 Å². The van der Waals surface area contributed by atoms with E-state index >= 15 is 0 Å². The Bertz CT molecular complexity index is 721. The van der Waals surface area contributed by atoms with Crippen molar-refractivity contribution in [1.82, 2.24) is 0 Å². The first-order valence-electron chi connectivity index (χ1n) is 9.55. The fraction of sp³-hybridized carbons (Fsp3) is 0.778. The Labute approximate surface area is 160 Å². The fourth-order valence-corrected chi connectivity index (χ4v) is 6.81. The molecule has 0 heterocycles. The molecule has 0 aromatic carbocycles. The summed E-state index contributed by atoms with van der Waals surface area (Å²) >= 11 is 0. The topological polar surface area (TPSA) is 122 Å². The second-order valence-corrected chi connectivity index (χ2v) is 11.3. The Hall–Kier alpha value is -0.260. The molecular formula is C18H27O7P2-3. The van der Waals surface area contributed by atoms with E-state index in [1.165, 1.54) is 31.3 Å². The number of hydrogen-bond donors (Lipinski definition) is 0. The Morgan fingerprint density at radius 3 is 2.63 bits per heavy atom. The zero-order valence-corrected chi connectivity index (χ0v) is 17.6. The van der Waals surface area contributed by atoms with E-state index in [-0.39, 0.29) is 6.61 Å². The summed E-state index contributed by atoms with van der Waals surface area (Å²) in [5.74, 6) is 2.13. The number of hydrogen-bond acceptors (Lipinski definition) is 7. The van der Waals surface area contributed by atoms with Gasteiger partial charge in [-0.1, -0.05) is 38.0 Å². The van der Waals surface area contributed by atoms with Gasteiger partial charge < -0.3 is 23.8 Å². The number of phosphoric acid groups is 2. The Morgan fingerprint density at radius 1 is 1.19 bits per heavy atom. The van der Waals surface area contributed by atoms with Crippen LogP contribution in [0.3, 0.4) is 0 Å². The van der Waals surface area contributed by atoms with Crippen molar-refractivity contribution in [2.24, 2.45) is 23.2 Å². The quantitative estimate of drug-likeness (QED) is 0.631. The highest BCUT2D eigenvalue weighted by molar-refractivity contribution is 7.58. The molecule has 3 aliphatic rings. The summed E-state index contributed by atoms with van der Waals surface area (Å²) in [6.07, 6.45) is 11.8. The average molecular weight is 417 g/mol. The van der Waals surface area contributed by atoms with Crippen molar-refractivity contribution in [3.05, 3.63) is 23.3 Å². The van der Waals surface area contributed by atoms with Crippen LogP contribution in [0.5, 0.6) is 0 Å². The largest absolute Gasteiger partial charge is 0.790 e. The normalized spacial score (nSPS) is 34.3. The zero-order chi connectivity index (χ0) is 19.9. The Morgan fingerprint density at radius 2 is 1.93 bits per heavy atom. The monoisotopic (exact) mass is 417 g/mol. The van der Waals surface area contributed by atoms with Crippen LogP contribution < -0.4 is 14.7 Å². The van der Waals surface area contributed by atoms with Crippen LogP contribution in [0.1, 0.15) is 58.8 Å². The minimum absolute atomic E-state index is 0.344. The van der Waals surface area contributed by atoms with E-state index in [1.54, 1.807) is 6.08 Å². The molecule has 3 aliphatic carbocycles. The summed E-state index contributed by atoms with van der Waals surface area (Å²) in [4.78, 5) is 32.1. The molecule has 3 rings (SSSR count). The maximum absolute atomic E-state index is 11.3. The van der Waals surface area contributed by atoms with E-state index in [2.05, 4.69) is 28.8 Å². The highest BCUT2D eigenvalue weighted by atomic mass is 31.3. The number of rotatable bonds is 5. The predicted octanol–water partition coefficient (Wildman–Crippen LogP) is 2.82. The van der Waals surface area contributed by atoms with Crippen molar-refractivity contribution in [3.8, 4) is 0 Å². The molecule has 7 nitrogen and oxygen atoms in total. The first-order chi connectivity index (χ1) is 12.5. The van der Waals surface area contributed by atoms with E-state index in [0.717, 1.165) is 36.7 Å². The van der Waals surface area contributed by atoms with Gasteiger partial charge in [0.1, 0.15) is 0 Å².